The van der Waals surface area contributed by atoms with E-state index >= 15 is 0 Å². The molecule has 4 nitrogen and oxygen atoms in total. The molecule has 1 heterocycles. The van der Waals surface area contributed by atoms with Crippen LogP contribution in [-0.4, -0.2) is 11.1 Å². The molecule has 0 saturated heterocycles. The molecule has 0 radical (unpaired) electrons. The summed E-state index contributed by atoms with van der Waals surface area (Å²) in [5.41, 5.74) is 0.949. The minimum Gasteiger partial charge on any atom is -0.459 e. The maximum atomic E-state index is 13.7. The van der Waals surface area contributed by atoms with Crippen molar-refractivity contribution in [1.29, 1.82) is 0 Å². The molecule has 0 aliphatic heterocycles. The van der Waals surface area contributed by atoms with Crippen molar-refractivity contribution in [2.24, 2.45) is 0 Å². The molecule has 0 saturated carbocycles. The Kier molecular flexibility index (Phi) is 4.83. The number of carbonyl (C=O) groups is 1. The molecule has 0 unspecified atom stereocenters. The van der Waals surface area contributed by atoms with Crippen LogP contribution in [0.1, 0.15) is 11.3 Å². The largest absolute Gasteiger partial charge is 0.459 e. The molecule has 25 heavy (non-hydrogen) atoms. The van der Waals surface area contributed by atoms with Gasteiger partial charge in [-0.05, 0) is 29.8 Å². The van der Waals surface area contributed by atoms with Crippen LogP contribution in [0.2, 0.25) is 0 Å². The van der Waals surface area contributed by atoms with Gasteiger partial charge in [-0.3, -0.25) is 4.79 Å². The molecule has 128 valence electrons. The van der Waals surface area contributed by atoms with Crippen LogP contribution in [0.25, 0.3) is 11.3 Å². The molecule has 0 bridgehead atoms. The summed E-state index contributed by atoms with van der Waals surface area (Å²) < 4.78 is 49.5. The van der Waals surface area contributed by atoms with Crippen molar-refractivity contribution in [3.63, 3.8) is 0 Å². The van der Waals surface area contributed by atoms with E-state index in [0.29, 0.717) is 5.56 Å². The number of ether oxygens (including phenoxy) is 1. The monoisotopic (exact) mass is 347 g/mol. The van der Waals surface area contributed by atoms with Crippen LogP contribution in [0.5, 0.6) is 0 Å². The Morgan fingerprint density at radius 2 is 1.72 bits per heavy atom. The quantitative estimate of drug-likeness (QED) is 0.654. The normalized spacial score (nSPS) is 10.7. The molecular formula is C18H12F3NO3. The van der Waals surface area contributed by atoms with Crippen molar-refractivity contribution >= 4 is 5.97 Å². The number of carbonyl (C=O) groups excluding carboxylic acids is 1. The molecule has 0 atom stereocenters. The van der Waals surface area contributed by atoms with Gasteiger partial charge >= 0.3 is 5.97 Å². The third-order valence-electron chi connectivity index (χ3n) is 3.40. The Morgan fingerprint density at radius 3 is 2.44 bits per heavy atom. The molecule has 0 fully saturated rings. The summed E-state index contributed by atoms with van der Waals surface area (Å²) in [4.78, 5) is 11.8. The van der Waals surface area contributed by atoms with E-state index in [-0.39, 0.29) is 35.9 Å². The molecule has 0 amide bonds. The van der Waals surface area contributed by atoms with Gasteiger partial charge in [-0.15, -0.1) is 0 Å². The van der Waals surface area contributed by atoms with E-state index in [2.05, 4.69) is 5.16 Å². The summed E-state index contributed by atoms with van der Waals surface area (Å²) in [6, 6.07) is 9.96. The first-order chi connectivity index (χ1) is 12.0. The Labute approximate surface area is 140 Å². The van der Waals surface area contributed by atoms with Gasteiger partial charge < -0.3 is 9.26 Å². The fourth-order valence-corrected chi connectivity index (χ4v) is 2.17. The molecule has 0 aliphatic rings. The van der Waals surface area contributed by atoms with Crippen LogP contribution in [0.4, 0.5) is 13.2 Å². The zero-order chi connectivity index (χ0) is 17.8. The van der Waals surface area contributed by atoms with Crippen molar-refractivity contribution in [3.8, 4) is 11.3 Å². The fraction of sp³-hybridized carbons (Fsp3) is 0.111. The second kappa shape index (κ2) is 7.21. The van der Waals surface area contributed by atoms with E-state index in [0.717, 1.165) is 12.1 Å². The van der Waals surface area contributed by atoms with Crippen molar-refractivity contribution in [3.05, 3.63) is 77.2 Å². The first-order valence-corrected chi connectivity index (χ1v) is 7.32. The van der Waals surface area contributed by atoms with Crippen molar-refractivity contribution in [2.75, 3.05) is 0 Å². The van der Waals surface area contributed by atoms with Crippen LogP contribution >= 0.6 is 0 Å². The number of hydrogen-bond acceptors (Lipinski definition) is 4. The number of halogens is 3. The SMILES string of the molecule is O=C(Cc1ccc(F)cc1)OCc1cc(-c2ccc(F)cc2F)on1. The van der Waals surface area contributed by atoms with Crippen LogP contribution in [0, 0.1) is 17.5 Å². The predicted octanol–water partition coefficient (Wildman–Crippen LogP) is 4.04. The average Bonchev–Trinajstić information content (AvgIpc) is 3.04. The Morgan fingerprint density at radius 1 is 1.00 bits per heavy atom. The van der Waals surface area contributed by atoms with Gasteiger partial charge in [0, 0.05) is 12.1 Å². The van der Waals surface area contributed by atoms with E-state index < -0.39 is 17.6 Å². The molecule has 7 heteroatoms. The van der Waals surface area contributed by atoms with Crippen molar-refractivity contribution in [1.82, 2.24) is 5.16 Å². The molecule has 3 aromatic rings. The van der Waals surface area contributed by atoms with Crippen LogP contribution in [-0.2, 0) is 22.6 Å². The fourth-order valence-electron chi connectivity index (χ4n) is 2.17. The second-order valence-electron chi connectivity index (χ2n) is 5.27. The van der Waals surface area contributed by atoms with Crippen LogP contribution in [0.3, 0.4) is 0 Å². The maximum absolute atomic E-state index is 13.7. The average molecular weight is 347 g/mol. The molecular weight excluding hydrogens is 335 g/mol. The van der Waals surface area contributed by atoms with Gasteiger partial charge in [-0.2, -0.15) is 0 Å². The number of aromatic nitrogens is 1. The van der Waals surface area contributed by atoms with Gasteiger partial charge in [-0.1, -0.05) is 17.3 Å². The van der Waals surface area contributed by atoms with Gasteiger partial charge in [-0.25, -0.2) is 13.2 Å². The van der Waals surface area contributed by atoms with E-state index in [4.69, 9.17) is 9.26 Å². The summed E-state index contributed by atoms with van der Waals surface area (Å²) >= 11 is 0. The van der Waals surface area contributed by atoms with Crippen LogP contribution in [0.15, 0.2) is 53.1 Å². The summed E-state index contributed by atoms with van der Waals surface area (Å²) in [5.74, 6) is -2.29. The minimum absolute atomic E-state index is 0.0163. The third kappa shape index (κ3) is 4.26. The lowest BCUT2D eigenvalue weighted by atomic mass is 10.1. The second-order valence-corrected chi connectivity index (χ2v) is 5.27. The van der Waals surface area contributed by atoms with Gasteiger partial charge in [0.2, 0.25) is 0 Å². The lowest BCUT2D eigenvalue weighted by molar-refractivity contribution is -0.144. The van der Waals surface area contributed by atoms with Crippen LogP contribution < -0.4 is 0 Å². The predicted molar refractivity (Wildman–Crippen MR) is 81.8 cm³/mol. The van der Waals surface area contributed by atoms with Gasteiger partial charge in [0.25, 0.3) is 0 Å². The van der Waals surface area contributed by atoms with Gasteiger partial charge in [0.15, 0.2) is 5.76 Å². The van der Waals surface area contributed by atoms with E-state index in [9.17, 15) is 18.0 Å². The van der Waals surface area contributed by atoms with E-state index in [1.54, 1.807) is 0 Å². The lowest BCUT2D eigenvalue weighted by Gasteiger charge is -2.02. The summed E-state index contributed by atoms with van der Waals surface area (Å²) in [5, 5.41) is 3.68. The molecule has 0 spiro atoms. The highest BCUT2D eigenvalue weighted by Crippen LogP contribution is 2.24. The van der Waals surface area contributed by atoms with Crippen molar-refractivity contribution in [2.45, 2.75) is 13.0 Å². The highest BCUT2D eigenvalue weighted by molar-refractivity contribution is 5.72. The Balaban J connectivity index is 1.59. The van der Waals surface area contributed by atoms with E-state index in [1.807, 2.05) is 0 Å². The molecule has 3 rings (SSSR count). The molecule has 0 aliphatic carbocycles. The highest BCUT2D eigenvalue weighted by atomic mass is 19.1. The minimum atomic E-state index is -0.781. The Hall–Kier alpha value is -3.09. The van der Waals surface area contributed by atoms with Crippen molar-refractivity contribution < 1.29 is 27.2 Å². The Bertz CT molecular complexity index is 891. The lowest BCUT2D eigenvalue weighted by Crippen LogP contribution is -2.08. The topological polar surface area (TPSA) is 52.3 Å². The maximum Gasteiger partial charge on any atom is 0.310 e. The number of esters is 1. The number of nitrogens with zero attached hydrogens (tertiary/aromatic N) is 1. The smallest absolute Gasteiger partial charge is 0.310 e. The molecule has 2 aromatic carbocycles. The zero-order valence-corrected chi connectivity index (χ0v) is 12.8. The molecule has 0 N–H and O–H groups in total. The zero-order valence-electron chi connectivity index (χ0n) is 12.8. The number of rotatable bonds is 5. The van der Waals surface area contributed by atoms with Gasteiger partial charge in [0.05, 0.1) is 12.0 Å². The summed E-state index contributed by atoms with van der Waals surface area (Å²) in [7, 11) is 0. The van der Waals surface area contributed by atoms with Gasteiger partial charge in [0.1, 0.15) is 29.8 Å². The van der Waals surface area contributed by atoms with E-state index in [1.165, 1.54) is 36.4 Å². The number of hydrogen-bond donors (Lipinski definition) is 0. The summed E-state index contributed by atoms with van der Waals surface area (Å²) in [6.45, 7) is -0.160. The third-order valence-corrected chi connectivity index (χ3v) is 3.40. The standard InChI is InChI=1S/C18H12F3NO3/c19-12-3-1-11(2-4-12)7-18(23)24-10-14-9-17(25-22-14)15-6-5-13(20)8-16(15)21/h1-6,8-9H,7,10H2. The highest BCUT2D eigenvalue weighted by Gasteiger charge is 2.13. The molecule has 1 aromatic heterocycles. The first kappa shape index (κ1) is 16.8. The first-order valence-electron chi connectivity index (χ1n) is 7.32. The number of benzene rings is 2. The summed E-state index contributed by atoms with van der Waals surface area (Å²) in [6.07, 6.45) is -0.0163.